The lowest BCUT2D eigenvalue weighted by molar-refractivity contribution is -0.144. The second-order valence-electron chi connectivity index (χ2n) is 9.82. The summed E-state index contributed by atoms with van der Waals surface area (Å²) in [4.78, 5) is 30.3. The van der Waals surface area contributed by atoms with E-state index < -0.39 is 17.9 Å². The molecule has 0 radical (unpaired) electrons. The van der Waals surface area contributed by atoms with Crippen molar-refractivity contribution in [3.05, 3.63) is 53.6 Å². The van der Waals surface area contributed by atoms with Gasteiger partial charge in [0.25, 0.3) is 0 Å². The van der Waals surface area contributed by atoms with Crippen molar-refractivity contribution in [1.82, 2.24) is 9.80 Å². The van der Waals surface area contributed by atoms with Crippen LogP contribution in [0.5, 0.6) is 17.2 Å². The van der Waals surface area contributed by atoms with E-state index in [1.54, 1.807) is 7.11 Å². The molecule has 216 valence electrons. The summed E-state index contributed by atoms with van der Waals surface area (Å²) < 4.78 is 16.3. The number of aliphatic carboxylic acids is 1. The number of methoxy groups -OCH3 is 1. The van der Waals surface area contributed by atoms with Gasteiger partial charge in [0.2, 0.25) is 12.7 Å². The van der Waals surface area contributed by atoms with E-state index in [0.717, 1.165) is 49.9 Å². The first-order valence-corrected chi connectivity index (χ1v) is 13.2. The van der Waals surface area contributed by atoms with Crippen molar-refractivity contribution in [1.29, 1.82) is 0 Å². The van der Waals surface area contributed by atoms with E-state index in [1.165, 1.54) is 0 Å². The molecule has 1 fully saturated rings. The minimum Gasteiger partial charge on any atom is -0.497 e. The van der Waals surface area contributed by atoms with Gasteiger partial charge in [-0.25, -0.2) is 0 Å². The number of nitrogens with zero attached hydrogens (tertiary/aromatic N) is 2. The Balaban J connectivity index is 0.00000267. The first-order valence-electron chi connectivity index (χ1n) is 13.2. The highest BCUT2D eigenvalue weighted by Gasteiger charge is 2.48. The Bertz CT molecular complexity index is 1070. The predicted molar refractivity (Wildman–Crippen MR) is 154 cm³/mol. The monoisotopic (exact) mass is 562 g/mol. The second kappa shape index (κ2) is 15.0. The molecule has 2 aliphatic rings. The maximum atomic E-state index is 13.5. The fourth-order valence-corrected chi connectivity index (χ4v) is 5.41. The molecule has 8 nitrogen and oxygen atoms in total. The van der Waals surface area contributed by atoms with Gasteiger partial charge in [0, 0.05) is 31.6 Å². The Morgan fingerprint density at radius 1 is 1.00 bits per heavy atom. The van der Waals surface area contributed by atoms with Crippen LogP contribution in [-0.2, 0) is 9.59 Å². The van der Waals surface area contributed by atoms with Crippen LogP contribution < -0.4 is 14.2 Å². The van der Waals surface area contributed by atoms with Gasteiger partial charge in [0.15, 0.2) is 11.5 Å². The maximum Gasteiger partial charge on any atom is 0.309 e. The third-order valence-corrected chi connectivity index (χ3v) is 7.42. The van der Waals surface area contributed by atoms with Crippen LogP contribution in [0.4, 0.5) is 0 Å². The Morgan fingerprint density at radius 2 is 1.62 bits per heavy atom. The quantitative estimate of drug-likeness (QED) is 0.352. The van der Waals surface area contributed by atoms with Crippen LogP contribution in [0.2, 0.25) is 0 Å². The van der Waals surface area contributed by atoms with Gasteiger partial charge in [-0.3, -0.25) is 14.5 Å². The van der Waals surface area contributed by atoms with E-state index in [4.69, 9.17) is 14.2 Å². The highest BCUT2D eigenvalue weighted by Crippen LogP contribution is 2.47. The number of carboxylic acid groups (broad SMARTS) is 1. The minimum absolute atomic E-state index is 0. The van der Waals surface area contributed by atoms with Gasteiger partial charge in [-0.1, -0.05) is 52.3 Å². The number of hydrogen-bond donors (Lipinski definition) is 1. The van der Waals surface area contributed by atoms with Gasteiger partial charge in [-0.15, -0.1) is 12.4 Å². The van der Waals surface area contributed by atoms with Gasteiger partial charge in [0.1, 0.15) is 5.75 Å². The Hall–Kier alpha value is -2.97. The molecule has 1 N–H and O–H groups in total. The number of carbonyl (C=O) groups excluding carboxylic acids is 1. The molecule has 3 atom stereocenters. The Labute approximate surface area is 238 Å². The highest BCUT2D eigenvalue weighted by atomic mass is 35.5. The van der Waals surface area contributed by atoms with Crippen molar-refractivity contribution in [3.8, 4) is 17.2 Å². The summed E-state index contributed by atoms with van der Waals surface area (Å²) in [6.45, 7) is 6.48. The Kier molecular flexibility index (Phi) is 12.4. The summed E-state index contributed by atoms with van der Waals surface area (Å²) in [6, 6.07) is 12.7. The van der Waals surface area contributed by atoms with Gasteiger partial charge in [-0.2, -0.15) is 0 Å². The van der Waals surface area contributed by atoms with Crippen molar-refractivity contribution >= 4 is 24.3 Å². The van der Waals surface area contributed by atoms with Gasteiger partial charge < -0.3 is 24.2 Å². The molecule has 0 bridgehead atoms. The number of carboxylic acids is 1. The van der Waals surface area contributed by atoms with Crippen LogP contribution in [0.25, 0.3) is 0 Å². The standard InChI is InChI=1S/C29H38N2O6.CH4.ClH/c1-4-6-14-30(15-7-5-2)26(32)18-31-17-23(21-10-13-24-25(16-21)37-19-36-24)27(29(33)34)28(31)20-8-11-22(35-3)12-9-20;;/h8-13,16,23,27-28H,4-7,14-15,17-19H2,1-3H3,(H,33,34);1H4;1H/t23-,27-,28+;;/m1../s1. The normalized spacial score (nSPS) is 19.6. The summed E-state index contributed by atoms with van der Waals surface area (Å²) in [5, 5.41) is 10.5. The summed E-state index contributed by atoms with van der Waals surface area (Å²) in [5.41, 5.74) is 1.73. The molecule has 0 saturated carbocycles. The number of fused-ring (bicyclic) bond motifs is 1. The largest absolute Gasteiger partial charge is 0.497 e. The van der Waals surface area contributed by atoms with Crippen LogP contribution in [0.1, 0.15) is 70.0 Å². The number of rotatable bonds is 12. The van der Waals surface area contributed by atoms with E-state index in [0.29, 0.717) is 23.8 Å². The molecule has 2 aromatic carbocycles. The summed E-state index contributed by atoms with van der Waals surface area (Å²) in [5.74, 6) is 0.113. The van der Waals surface area contributed by atoms with E-state index >= 15 is 0 Å². The van der Waals surface area contributed by atoms with E-state index in [2.05, 4.69) is 13.8 Å². The topological polar surface area (TPSA) is 88.5 Å². The summed E-state index contributed by atoms with van der Waals surface area (Å²) in [6.07, 6.45) is 3.94. The van der Waals surface area contributed by atoms with E-state index in [1.807, 2.05) is 52.3 Å². The molecule has 2 heterocycles. The molecule has 2 aliphatic heterocycles. The molecule has 0 aliphatic carbocycles. The zero-order valence-corrected chi connectivity index (χ0v) is 23.2. The maximum absolute atomic E-state index is 13.5. The van der Waals surface area contributed by atoms with Gasteiger partial charge in [-0.05, 0) is 48.2 Å². The number of halogens is 1. The average molecular weight is 563 g/mol. The van der Waals surface area contributed by atoms with Crippen LogP contribution >= 0.6 is 12.4 Å². The van der Waals surface area contributed by atoms with E-state index in [9.17, 15) is 14.7 Å². The first kappa shape index (κ1) is 32.2. The molecule has 1 amide bonds. The SMILES string of the molecule is C.CCCCN(CCCC)C(=O)CN1C[C@H](c2ccc3c(c2)OCO3)[C@@H](C(=O)O)[C@@H]1c1ccc(OC)cc1.Cl. The minimum atomic E-state index is -0.882. The molecule has 0 spiro atoms. The van der Waals surface area contributed by atoms with Crippen LogP contribution in [-0.4, -0.2) is 66.9 Å². The zero-order valence-electron chi connectivity index (χ0n) is 22.4. The third kappa shape index (κ3) is 7.37. The number of amides is 1. The molecule has 0 aromatic heterocycles. The van der Waals surface area contributed by atoms with Crippen molar-refractivity contribution in [2.24, 2.45) is 5.92 Å². The zero-order chi connectivity index (χ0) is 26.4. The molecule has 4 rings (SSSR count). The molecular weight excluding hydrogens is 520 g/mol. The third-order valence-electron chi connectivity index (χ3n) is 7.42. The Morgan fingerprint density at radius 3 is 2.21 bits per heavy atom. The molecule has 2 aromatic rings. The lowest BCUT2D eigenvalue weighted by Crippen LogP contribution is -2.42. The molecule has 39 heavy (non-hydrogen) atoms. The number of carbonyl (C=O) groups is 2. The van der Waals surface area contributed by atoms with Gasteiger partial charge in [0.05, 0.1) is 19.6 Å². The van der Waals surface area contributed by atoms with Gasteiger partial charge >= 0.3 is 5.97 Å². The highest BCUT2D eigenvalue weighted by molar-refractivity contribution is 5.85. The van der Waals surface area contributed by atoms with Crippen molar-refractivity contribution in [2.75, 3.05) is 40.1 Å². The molecule has 9 heteroatoms. The average Bonchev–Trinajstić information content (AvgIpc) is 3.53. The lowest BCUT2D eigenvalue weighted by Gasteiger charge is -2.30. The molecule has 1 saturated heterocycles. The van der Waals surface area contributed by atoms with E-state index in [-0.39, 0.29) is 45.0 Å². The number of hydrogen-bond acceptors (Lipinski definition) is 6. The lowest BCUT2D eigenvalue weighted by atomic mass is 9.82. The fourth-order valence-electron chi connectivity index (χ4n) is 5.41. The van der Waals surface area contributed by atoms with Crippen molar-refractivity contribution in [3.63, 3.8) is 0 Å². The number of unbranched alkanes of at least 4 members (excludes halogenated alkanes) is 2. The number of ether oxygens (including phenoxy) is 3. The fraction of sp³-hybridized carbons (Fsp3) is 0.533. The summed E-state index contributed by atoms with van der Waals surface area (Å²) >= 11 is 0. The van der Waals surface area contributed by atoms with Crippen LogP contribution in [0.15, 0.2) is 42.5 Å². The summed E-state index contributed by atoms with van der Waals surface area (Å²) in [7, 11) is 1.60. The second-order valence-corrected chi connectivity index (χ2v) is 9.82. The first-order chi connectivity index (χ1) is 18.0. The number of likely N-dealkylation sites (tertiary alicyclic amines) is 1. The molecular formula is C30H43ClN2O6. The van der Waals surface area contributed by atoms with Crippen molar-refractivity contribution in [2.45, 2.75) is 58.9 Å². The van der Waals surface area contributed by atoms with Crippen LogP contribution in [0.3, 0.4) is 0 Å². The van der Waals surface area contributed by atoms with Crippen molar-refractivity contribution < 1.29 is 28.9 Å². The predicted octanol–water partition coefficient (Wildman–Crippen LogP) is 5.75. The molecule has 0 unspecified atom stereocenters. The number of benzene rings is 2. The smallest absolute Gasteiger partial charge is 0.309 e. The van der Waals surface area contributed by atoms with Crippen LogP contribution in [0, 0.1) is 5.92 Å².